The second kappa shape index (κ2) is 7.30. The lowest BCUT2D eigenvalue weighted by molar-refractivity contribution is -0.131. The molecule has 1 fully saturated rings. The molecule has 2 unspecified atom stereocenters. The maximum Gasteiger partial charge on any atom is 0.249 e. The van der Waals surface area contributed by atoms with Gasteiger partial charge in [-0.3, -0.25) is 4.79 Å². The van der Waals surface area contributed by atoms with Crippen molar-refractivity contribution in [1.82, 2.24) is 14.9 Å². The summed E-state index contributed by atoms with van der Waals surface area (Å²) in [6, 6.07) is 16.5. The molecule has 26 heavy (non-hydrogen) atoms. The molecular formula is C21H23N3O2. The minimum Gasteiger partial charge on any atom is -0.365 e. The lowest BCUT2D eigenvalue weighted by Gasteiger charge is -2.12. The quantitative estimate of drug-likeness (QED) is 0.769. The van der Waals surface area contributed by atoms with Gasteiger partial charge in [0.1, 0.15) is 6.10 Å². The number of hydrogen-bond donors (Lipinski definition) is 1. The molecule has 0 saturated carbocycles. The van der Waals surface area contributed by atoms with Crippen LogP contribution in [0.25, 0.3) is 11.0 Å². The summed E-state index contributed by atoms with van der Waals surface area (Å²) in [6.07, 6.45) is 3.53. The van der Waals surface area contributed by atoms with Crippen LogP contribution in [-0.2, 0) is 22.6 Å². The number of ether oxygens (including phenoxy) is 1. The SMILES string of the molecule is CC1CCC(C(=O)NCc2ccc(Cn3cnc4ccccc43)cc2)O1. The van der Waals surface area contributed by atoms with Crippen molar-refractivity contribution in [2.75, 3.05) is 0 Å². The van der Waals surface area contributed by atoms with Gasteiger partial charge in [0.25, 0.3) is 0 Å². The maximum atomic E-state index is 12.1. The molecule has 0 spiro atoms. The molecule has 1 aliphatic rings. The van der Waals surface area contributed by atoms with Crippen LogP contribution in [0.2, 0.25) is 0 Å². The largest absolute Gasteiger partial charge is 0.365 e. The molecule has 0 radical (unpaired) electrons. The van der Waals surface area contributed by atoms with E-state index in [0.29, 0.717) is 6.54 Å². The fourth-order valence-corrected chi connectivity index (χ4v) is 3.39. The lowest BCUT2D eigenvalue weighted by Crippen LogP contribution is -2.34. The highest BCUT2D eigenvalue weighted by atomic mass is 16.5. The Morgan fingerprint density at radius 2 is 1.92 bits per heavy atom. The van der Waals surface area contributed by atoms with Crippen LogP contribution < -0.4 is 5.32 Å². The maximum absolute atomic E-state index is 12.1. The van der Waals surface area contributed by atoms with E-state index < -0.39 is 0 Å². The molecule has 134 valence electrons. The van der Waals surface area contributed by atoms with Crippen molar-refractivity contribution in [3.8, 4) is 0 Å². The molecule has 1 N–H and O–H groups in total. The van der Waals surface area contributed by atoms with Gasteiger partial charge in [-0.1, -0.05) is 36.4 Å². The monoisotopic (exact) mass is 349 g/mol. The molecule has 5 nitrogen and oxygen atoms in total. The Hall–Kier alpha value is -2.66. The molecule has 5 heteroatoms. The van der Waals surface area contributed by atoms with E-state index in [1.807, 2.05) is 31.5 Å². The first-order chi connectivity index (χ1) is 12.7. The number of para-hydroxylation sites is 2. The van der Waals surface area contributed by atoms with Gasteiger partial charge < -0.3 is 14.6 Å². The summed E-state index contributed by atoms with van der Waals surface area (Å²) >= 11 is 0. The Morgan fingerprint density at radius 3 is 2.69 bits per heavy atom. The molecular weight excluding hydrogens is 326 g/mol. The van der Waals surface area contributed by atoms with Crippen LogP contribution in [0.4, 0.5) is 0 Å². The van der Waals surface area contributed by atoms with Gasteiger partial charge in [0, 0.05) is 13.1 Å². The standard InChI is InChI=1S/C21H23N3O2/c1-15-6-11-20(26-15)21(25)22-12-16-7-9-17(10-8-16)13-24-14-23-18-4-2-3-5-19(18)24/h2-5,7-10,14-15,20H,6,11-13H2,1H3,(H,22,25). The first kappa shape index (κ1) is 16.8. The predicted octanol–water partition coefficient (Wildman–Crippen LogP) is 3.27. The van der Waals surface area contributed by atoms with Crippen LogP contribution in [0.5, 0.6) is 0 Å². The number of nitrogens with zero attached hydrogens (tertiary/aromatic N) is 2. The van der Waals surface area contributed by atoms with Gasteiger partial charge in [0.15, 0.2) is 0 Å². The summed E-state index contributed by atoms with van der Waals surface area (Å²) in [6.45, 7) is 3.32. The highest BCUT2D eigenvalue weighted by Gasteiger charge is 2.27. The van der Waals surface area contributed by atoms with Crippen LogP contribution in [0, 0.1) is 0 Å². The Bertz CT molecular complexity index is 901. The summed E-state index contributed by atoms with van der Waals surface area (Å²) in [7, 11) is 0. The Labute approximate surface area is 153 Å². The third-order valence-corrected chi connectivity index (χ3v) is 4.89. The summed E-state index contributed by atoms with van der Waals surface area (Å²) < 4.78 is 7.75. The molecule has 2 atom stereocenters. The number of carbonyl (C=O) groups excluding carboxylic acids is 1. The van der Waals surface area contributed by atoms with E-state index in [1.54, 1.807) is 0 Å². The number of hydrogen-bond acceptors (Lipinski definition) is 3. The second-order valence-corrected chi connectivity index (χ2v) is 6.91. The van der Waals surface area contributed by atoms with E-state index in [9.17, 15) is 4.79 Å². The van der Waals surface area contributed by atoms with Gasteiger partial charge in [-0.05, 0) is 43.0 Å². The fourth-order valence-electron chi connectivity index (χ4n) is 3.39. The summed E-state index contributed by atoms with van der Waals surface area (Å²) in [5.74, 6) is -0.0108. The smallest absolute Gasteiger partial charge is 0.249 e. The minimum atomic E-state index is -0.293. The molecule has 1 aliphatic heterocycles. The molecule has 0 bridgehead atoms. The van der Waals surface area contributed by atoms with Crippen LogP contribution in [0.15, 0.2) is 54.9 Å². The average molecular weight is 349 g/mol. The van der Waals surface area contributed by atoms with Crippen molar-refractivity contribution >= 4 is 16.9 Å². The number of fused-ring (bicyclic) bond motifs is 1. The average Bonchev–Trinajstić information content (AvgIpc) is 3.28. The second-order valence-electron chi connectivity index (χ2n) is 6.91. The minimum absolute atomic E-state index is 0.0108. The van der Waals surface area contributed by atoms with Gasteiger partial charge in [-0.15, -0.1) is 0 Å². The highest BCUT2D eigenvalue weighted by Crippen LogP contribution is 2.19. The van der Waals surface area contributed by atoms with Crippen LogP contribution in [-0.4, -0.2) is 27.7 Å². The number of carbonyl (C=O) groups is 1. The summed E-state index contributed by atoms with van der Waals surface area (Å²) in [5, 5.41) is 2.97. The Kier molecular flexibility index (Phi) is 4.71. The van der Waals surface area contributed by atoms with E-state index in [4.69, 9.17) is 4.74 Å². The van der Waals surface area contributed by atoms with Crippen LogP contribution in [0.1, 0.15) is 30.9 Å². The molecule has 3 aromatic rings. The third-order valence-electron chi connectivity index (χ3n) is 4.89. The number of rotatable bonds is 5. The van der Waals surface area contributed by atoms with Gasteiger partial charge in [0.05, 0.1) is 23.5 Å². The molecule has 1 aromatic heterocycles. The first-order valence-electron chi connectivity index (χ1n) is 9.10. The Morgan fingerprint density at radius 1 is 1.15 bits per heavy atom. The van der Waals surface area contributed by atoms with Crippen molar-refractivity contribution in [1.29, 1.82) is 0 Å². The van der Waals surface area contributed by atoms with Crippen molar-refractivity contribution in [3.63, 3.8) is 0 Å². The van der Waals surface area contributed by atoms with Crippen molar-refractivity contribution < 1.29 is 9.53 Å². The molecule has 4 rings (SSSR count). The fraction of sp³-hybridized carbons (Fsp3) is 0.333. The van der Waals surface area contributed by atoms with Crippen molar-refractivity contribution in [2.24, 2.45) is 0 Å². The number of aromatic nitrogens is 2. The van der Waals surface area contributed by atoms with Crippen LogP contribution >= 0.6 is 0 Å². The zero-order chi connectivity index (χ0) is 17.9. The van der Waals surface area contributed by atoms with E-state index in [0.717, 1.165) is 36.0 Å². The molecule has 0 aliphatic carbocycles. The first-order valence-corrected chi connectivity index (χ1v) is 9.10. The predicted molar refractivity (Wildman–Crippen MR) is 101 cm³/mol. The van der Waals surface area contributed by atoms with E-state index in [1.165, 1.54) is 5.56 Å². The van der Waals surface area contributed by atoms with Gasteiger partial charge in [-0.2, -0.15) is 0 Å². The lowest BCUT2D eigenvalue weighted by atomic mass is 10.1. The zero-order valence-corrected chi connectivity index (χ0v) is 14.9. The molecule has 1 amide bonds. The van der Waals surface area contributed by atoms with E-state index in [2.05, 4.69) is 45.2 Å². The summed E-state index contributed by atoms with van der Waals surface area (Å²) in [4.78, 5) is 16.5. The number of imidazole rings is 1. The van der Waals surface area contributed by atoms with Crippen molar-refractivity contribution in [3.05, 3.63) is 66.0 Å². The van der Waals surface area contributed by atoms with Gasteiger partial charge >= 0.3 is 0 Å². The number of amides is 1. The molecule has 2 aromatic carbocycles. The summed E-state index contributed by atoms with van der Waals surface area (Å²) in [5.41, 5.74) is 4.43. The zero-order valence-electron chi connectivity index (χ0n) is 14.9. The molecule has 2 heterocycles. The topological polar surface area (TPSA) is 56.2 Å². The third kappa shape index (κ3) is 3.63. The van der Waals surface area contributed by atoms with Crippen LogP contribution in [0.3, 0.4) is 0 Å². The van der Waals surface area contributed by atoms with E-state index >= 15 is 0 Å². The van der Waals surface area contributed by atoms with Crippen molar-refractivity contribution in [2.45, 2.75) is 45.1 Å². The normalized spacial score (nSPS) is 19.7. The number of nitrogens with one attached hydrogen (secondary N) is 1. The van der Waals surface area contributed by atoms with Gasteiger partial charge in [0.2, 0.25) is 5.91 Å². The molecule has 1 saturated heterocycles. The number of benzene rings is 2. The van der Waals surface area contributed by atoms with Gasteiger partial charge in [-0.25, -0.2) is 4.98 Å². The Balaban J connectivity index is 1.35. The highest BCUT2D eigenvalue weighted by molar-refractivity contribution is 5.81. The van der Waals surface area contributed by atoms with E-state index in [-0.39, 0.29) is 18.1 Å².